The third-order valence-corrected chi connectivity index (χ3v) is 6.82. The zero-order valence-corrected chi connectivity index (χ0v) is 15.0. The minimum Gasteiger partial charge on any atom is -0.496 e. The van der Waals surface area contributed by atoms with Crippen LogP contribution >= 0.6 is 15.9 Å². The minimum absolute atomic E-state index is 0.655. The average Bonchev–Trinajstić information content (AvgIpc) is 3.18. The molecule has 0 aromatic heterocycles. The van der Waals surface area contributed by atoms with Crippen LogP contribution in [0.15, 0.2) is 22.7 Å². The summed E-state index contributed by atoms with van der Waals surface area (Å²) in [6.07, 6.45) is 8.56. The number of nitrogens with zero attached hydrogens (tertiary/aromatic N) is 1. The van der Waals surface area contributed by atoms with Gasteiger partial charge in [0.25, 0.3) is 0 Å². The van der Waals surface area contributed by atoms with Gasteiger partial charge in [-0.15, -0.1) is 0 Å². The fourth-order valence-corrected chi connectivity index (χ4v) is 5.60. The van der Waals surface area contributed by atoms with E-state index >= 15 is 0 Å². The summed E-state index contributed by atoms with van der Waals surface area (Å²) in [6, 6.07) is 7.34. The van der Waals surface area contributed by atoms with Gasteiger partial charge in [-0.25, -0.2) is 0 Å². The van der Waals surface area contributed by atoms with Crippen molar-refractivity contribution in [1.82, 2.24) is 4.90 Å². The molecule has 0 spiro atoms. The van der Waals surface area contributed by atoms with Gasteiger partial charge in [0.2, 0.25) is 0 Å². The standard InChI is InChI=1S/C19H26BrNO/c1-22-19-5-4-16(20)12-17(19)14-6-8-21(9-7-14)18-11-13-2-3-15(18)10-13/h4-5,12-15,18H,2-3,6-11H2,1H3/t13-,15-,18+/m0/s1. The normalized spacial score (nSPS) is 32.5. The Morgan fingerprint density at radius 2 is 1.91 bits per heavy atom. The number of benzene rings is 1. The molecule has 1 aromatic carbocycles. The molecule has 0 N–H and O–H groups in total. The van der Waals surface area contributed by atoms with Crippen LogP contribution in [0.2, 0.25) is 0 Å². The molecule has 2 bridgehead atoms. The summed E-state index contributed by atoms with van der Waals surface area (Å²) in [4.78, 5) is 2.81. The van der Waals surface area contributed by atoms with E-state index in [1.54, 1.807) is 7.11 Å². The van der Waals surface area contributed by atoms with E-state index < -0.39 is 0 Å². The maximum Gasteiger partial charge on any atom is 0.122 e. The monoisotopic (exact) mass is 363 g/mol. The molecule has 120 valence electrons. The number of hydrogen-bond donors (Lipinski definition) is 0. The van der Waals surface area contributed by atoms with Crippen LogP contribution in [0, 0.1) is 11.8 Å². The largest absolute Gasteiger partial charge is 0.496 e. The molecule has 4 rings (SSSR count). The van der Waals surface area contributed by atoms with E-state index in [-0.39, 0.29) is 0 Å². The van der Waals surface area contributed by atoms with Crippen LogP contribution in [-0.4, -0.2) is 31.1 Å². The van der Waals surface area contributed by atoms with Crippen molar-refractivity contribution in [3.8, 4) is 5.75 Å². The zero-order chi connectivity index (χ0) is 15.1. The van der Waals surface area contributed by atoms with Gasteiger partial charge in [-0.05, 0) is 86.7 Å². The predicted octanol–water partition coefficient (Wildman–Crippen LogP) is 4.83. The van der Waals surface area contributed by atoms with Crippen LogP contribution in [-0.2, 0) is 0 Å². The van der Waals surface area contributed by atoms with Crippen molar-refractivity contribution in [2.45, 2.75) is 50.5 Å². The molecule has 2 saturated carbocycles. The summed E-state index contributed by atoms with van der Waals surface area (Å²) in [6.45, 7) is 2.54. The second-order valence-corrected chi connectivity index (χ2v) is 8.35. The number of ether oxygens (including phenoxy) is 1. The Morgan fingerprint density at radius 1 is 1.09 bits per heavy atom. The van der Waals surface area contributed by atoms with Gasteiger partial charge in [-0.3, -0.25) is 0 Å². The molecule has 1 heterocycles. The summed E-state index contributed by atoms with van der Waals surface area (Å²) in [5.41, 5.74) is 1.39. The molecule has 3 atom stereocenters. The first-order valence-electron chi connectivity index (χ1n) is 8.82. The highest BCUT2D eigenvalue weighted by Gasteiger charge is 2.42. The van der Waals surface area contributed by atoms with E-state index in [1.807, 2.05) is 0 Å². The third-order valence-electron chi connectivity index (χ3n) is 6.33. The summed E-state index contributed by atoms with van der Waals surface area (Å²) >= 11 is 3.61. The Balaban J connectivity index is 1.43. The van der Waals surface area contributed by atoms with Gasteiger partial charge in [0.1, 0.15) is 5.75 Å². The van der Waals surface area contributed by atoms with Crippen molar-refractivity contribution in [2.24, 2.45) is 11.8 Å². The third kappa shape index (κ3) is 2.71. The molecule has 2 nitrogen and oxygen atoms in total. The lowest BCUT2D eigenvalue weighted by molar-refractivity contribution is 0.110. The zero-order valence-electron chi connectivity index (χ0n) is 13.4. The van der Waals surface area contributed by atoms with Gasteiger partial charge in [0.05, 0.1) is 7.11 Å². The highest BCUT2D eigenvalue weighted by molar-refractivity contribution is 9.10. The van der Waals surface area contributed by atoms with Crippen molar-refractivity contribution in [2.75, 3.05) is 20.2 Å². The Hall–Kier alpha value is -0.540. The van der Waals surface area contributed by atoms with Crippen LogP contribution < -0.4 is 4.74 Å². The second-order valence-electron chi connectivity index (χ2n) is 7.44. The summed E-state index contributed by atoms with van der Waals surface area (Å²) < 4.78 is 6.75. The van der Waals surface area contributed by atoms with Crippen LogP contribution in [0.1, 0.15) is 50.0 Å². The topological polar surface area (TPSA) is 12.5 Å². The molecule has 2 aliphatic carbocycles. The number of methoxy groups -OCH3 is 1. The van der Waals surface area contributed by atoms with Crippen LogP contribution in [0.3, 0.4) is 0 Å². The van der Waals surface area contributed by atoms with Gasteiger partial charge < -0.3 is 9.64 Å². The van der Waals surface area contributed by atoms with Crippen molar-refractivity contribution in [1.29, 1.82) is 0 Å². The lowest BCUT2D eigenvalue weighted by Crippen LogP contribution is -2.43. The van der Waals surface area contributed by atoms with Crippen LogP contribution in [0.4, 0.5) is 0 Å². The highest BCUT2D eigenvalue weighted by atomic mass is 79.9. The van der Waals surface area contributed by atoms with Gasteiger partial charge in [0.15, 0.2) is 0 Å². The number of fused-ring (bicyclic) bond motifs is 2. The van der Waals surface area contributed by atoms with Crippen LogP contribution in [0.25, 0.3) is 0 Å². The molecule has 0 amide bonds. The van der Waals surface area contributed by atoms with E-state index in [0.717, 1.165) is 23.6 Å². The Labute approximate surface area is 142 Å². The first-order valence-corrected chi connectivity index (χ1v) is 9.61. The number of rotatable bonds is 3. The van der Waals surface area contributed by atoms with E-state index in [2.05, 4.69) is 39.0 Å². The minimum atomic E-state index is 0.655. The smallest absolute Gasteiger partial charge is 0.122 e. The van der Waals surface area contributed by atoms with Crippen molar-refractivity contribution in [3.63, 3.8) is 0 Å². The maximum absolute atomic E-state index is 5.59. The summed E-state index contributed by atoms with van der Waals surface area (Å²) in [5.74, 6) is 3.78. The lowest BCUT2D eigenvalue weighted by Gasteiger charge is -2.40. The molecule has 1 aliphatic heterocycles. The molecular formula is C19H26BrNO. The van der Waals surface area contributed by atoms with Gasteiger partial charge in [-0.2, -0.15) is 0 Å². The number of halogens is 1. The molecule has 1 saturated heterocycles. The molecule has 3 heteroatoms. The Bertz CT molecular complexity index is 538. The van der Waals surface area contributed by atoms with E-state index in [4.69, 9.17) is 4.74 Å². The first kappa shape index (κ1) is 15.0. The molecule has 0 radical (unpaired) electrons. The molecule has 3 aliphatic rings. The lowest BCUT2D eigenvalue weighted by atomic mass is 9.86. The molecule has 0 unspecified atom stereocenters. The fourth-order valence-electron chi connectivity index (χ4n) is 5.22. The second kappa shape index (κ2) is 6.16. The van der Waals surface area contributed by atoms with Crippen molar-refractivity contribution >= 4 is 15.9 Å². The van der Waals surface area contributed by atoms with Crippen molar-refractivity contribution < 1.29 is 4.74 Å². The molecule has 3 fully saturated rings. The number of piperidine rings is 1. The van der Waals surface area contributed by atoms with Crippen molar-refractivity contribution in [3.05, 3.63) is 28.2 Å². The Kier molecular flexibility index (Phi) is 4.21. The summed E-state index contributed by atoms with van der Waals surface area (Å²) in [5, 5.41) is 0. The number of likely N-dealkylation sites (tertiary alicyclic amines) is 1. The SMILES string of the molecule is COc1ccc(Br)cc1C1CCN([C@@H]2C[C@H]3CC[C@H]2C3)CC1. The number of hydrogen-bond acceptors (Lipinski definition) is 2. The predicted molar refractivity (Wildman–Crippen MR) is 93.5 cm³/mol. The molecule has 1 aromatic rings. The fraction of sp³-hybridized carbons (Fsp3) is 0.684. The van der Waals surface area contributed by atoms with Gasteiger partial charge in [-0.1, -0.05) is 22.4 Å². The van der Waals surface area contributed by atoms with Gasteiger partial charge >= 0.3 is 0 Å². The maximum atomic E-state index is 5.59. The highest BCUT2D eigenvalue weighted by Crippen LogP contribution is 2.48. The molecular weight excluding hydrogens is 338 g/mol. The van der Waals surface area contributed by atoms with Crippen LogP contribution in [0.5, 0.6) is 5.75 Å². The quantitative estimate of drug-likeness (QED) is 0.762. The first-order chi connectivity index (χ1) is 10.7. The Morgan fingerprint density at radius 3 is 2.55 bits per heavy atom. The van der Waals surface area contributed by atoms with E-state index in [0.29, 0.717) is 5.92 Å². The van der Waals surface area contributed by atoms with Gasteiger partial charge in [0, 0.05) is 10.5 Å². The van der Waals surface area contributed by atoms with E-state index in [1.165, 1.54) is 61.7 Å². The van der Waals surface area contributed by atoms with E-state index in [9.17, 15) is 0 Å². The summed E-state index contributed by atoms with van der Waals surface area (Å²) in [7, 11) is 1.79. The average molecular weight is 364 g/mol. The molecule has 22 heavy (non-hydrogen) atoms.